The molecule has 1 saturated carbocycles. The molecular formula is C18H20N6O2. The second kappa shape index (κ2) is 7.07. The van der Waals surface area contributed by atoms with Crippen LogP contribution < -0.4 is 10.9 Å². The first-order valence-corrected chi connectivity index (χ1v) is 8.76. The summed E-state index contributed by atoms with van der Waals surface area (Å²) < 4.78 is 6.75. The van der Waals surface area contributed by atoms with Gasteiger partial charge in [0.1, 0.15) is 0 Å². The number of aryl methyl sites for hydroxylation is 1. The molecule has 0 radical (unpaired) electrons. The van der Waals surface area contributed by atoms with Gasteiger partial charge in [-0.3, -0.25) is 9.78 Å². The van der Waals surface area contributed by atoms with Gasteiger partial charge in [0.15, 0.2) is 5.82 Å². The Balaban J connectivity index is 1.46. The summed E-state index contributed by atoms with van der Waals surface area (Å²) in [4.78, 5) is 20.5. The van der Waals surface area contributed by atoms with Crippen molar-refractivity contribution in [3.63, 3.8) is 0 Å². The minimum atomic E-state index is -0.0632. The zero-order valence-electron chi connectivity index (χ0n) is 14.5. The van der Waals surface area contributed by atoms with E-state index in [4.69, 9.17) is 4.52 Å². The van der Waals surface area contributed by atoms with Crippen molar-refractivity contribution in [2.24, 2.45) is 0 Å². The van der Waals surface area contributed by atoms with Gasteiger partial charge in [-0.15, -0.1) is 0 Å². The summed E-state index contributed by atoms with van der Waals surface area (Å²) in [5, 5.41) is 11.7. The average Bonchev–Trinajstić information content (AvgIpc) is 3.08. The van der Waals surface area contributed by atoms with Gasteiger partial charge in [0, 0.05) is 30.1 Å². The number of pyridine rings is 1. The van der Waals surface area contributed by atoms with Crippen molar-refractivity contribution in [3.8, 4) is 11.3 Å². The third kappa shape index (κ3) is 3.49. The Morgan fingerprint density at radius 3 is 2.58 bits per heavy atom. The highest BCUT2D eigenvalue weighted by atomic mass is 16.5. The van der Waals surface area contributed by atoms with E-state index >= 15 is 0 Å². The van der Waals surface area contributed by atoms with E-state index in [2.05, 4.69) is 25.5 Å². The second-order valence-corrected chi connectivity index (χ2v) is 6.53. The van der Waals surface area contributed by atoms with Crippen molar-refractivity contribution < 1.29 is 4.52 Å². The van der Waals surface area contributed by atoms with E-state index < -0.39 is 0 Å². The van der Waals surface area contributed by atoms with Gasteiger partial charge in [0.05, 0.1) is 11.7 Å². The van der Waals surface area contributed by atoms with Crippen LogP contribution in [0.1, 0.15) is 37.5 Å². The Labute approximate surface area is 150 Å². The average molecular weight is 352 g/mol. The zero-order chi connectivity index (χ0) is 17.9. The van der Waals surface area contributed by atoms with Gasteiger partial charge in [0.25, 0.3) is 5.56 Å². The zero-order valence-corrected chi connectivity index (χ0v) is 14.5. The van der Waals surface area contributed by atoms with Crippen LogP contribution in [0.4, 0.5) is 6.01 Å². The molecule has 3 aromatic rings. The number of nitrogens with zero attached hydrogens (tertiary/aromatic N) is 5. The van der Waals surface area contributed by atoms with Crippen LogP contribution in [-0.4, -0.2) is 30.9 Å². The number of hydrogen-bond donors (Lipinski definition) is 1. The van der Waals surface area contributed by atoms with Gasteiger partial charge in [0.2, 0.25) is 0 Å². The van der Waals surface area contributed by atoms with Gasteiger partial charge in [-0.25, -0.2) is 4.68 Å². The third-order valence-electron chi connectivity index (χ3n) is 4.70. The van der Waals surface area contributed by atoms with Crippen LogP contribution in [0.3, 0.4) is 0 Å². The lowest BCUT2D eigenvalue weighted by Crippen LogP contribution is -2.33. The molecule has 0 aliphatic heterocycles. The van der Waals surface area contributed by atoms with Crippen molar-refractivity contribution in [1.29, 1.82) is 0 Å². The Bertz CT molecular complexity index is 928. The van der Waals surface area contributed by atoms with Gasteiger partial charge >= 0.3 is 6.01 Å². The predicted molar refractivity (Wildman–Crippen MR) is 95.7 cm³/mol. The highest BCUT2D eigenvalue weighted by Crippen LogP contribution is 2.29. The Morgan fingerprint density at radius 2 is 1.88 bits per heavy atom. The summed E-state index contributed by atoms with van der Waals surface area (Å²) in [5.74, 6) is 0.616. The summed E-state index contributed by atoms with van der Waals surface area (Å²) in [6.45, 7) is 1.79. The van der Waals surface area contributed by atoms with Crippen LogP contribution in [-0.2, 0) is 0 Å². The first-order valence-electron chi connectivity index (χ1n) is 8.76. The topological polar surface area (TPSA) is 98.7 Å². The van der Waals surface area contributed by atoms with Crippen molar-refractivity contribution in [2.45, 2.75) is 44.7 Å². The monoisotopic (exact) mass is 352 g/mol. The summed E-state index contributed by atoms with van der Waals surface area (Å²) in [6, 6.07) is 7.97. The van der Waals surface area contributed by atoms with Crippen LogP contribution in [0.25, 0.3) is 11.3 Å². The molecular weight excluding hydrogens is 332 g/mol. The molecule has 0 bridgehead atoms. The molecule has 8 nitrogen and oxygen atoms in total. The fraction of sp³-hybridized carbons (Fsp3) is 0.389. The molecule has 0 amide bonds. The fourth-order valence-electron chi connectivity index (χ4n) is 3.36. The summed E-state index contributed by atoms with van der Waals surface area (Å²) in [5.41, 5.74) is 1.68. The van der Waals surface area contributed by atoms with Crippen LogP contribution in [0.15, 0.2) is 46.0 Å². The maximum absolute atomic E-state index is 12.3. The molecule has 3 aromatic heterocycles. The molecule has 0 saturated heterocycles. The third-order valence-corrected chi connectivity index (χ3v) is 4.70. The molecule has 3 heterocycles. The Kier molecular flexibility index (Phi) is 4.47. The summed E-state index contributed by atoms with van der Waals surface area (Å²) >= 11 is 0. The molecule has 1 fully saturated rings. The largest absolute Gasteiger partial charge is 0.335 e. The molecule has 1 aliphatic carbocycles. The van der Waals surface area contributed by atoms with E-state index in [-0.39, 0.29) is 17.6 Å². The molecule has 1 N–H and O–H groups in total. The Hall–Kier alpha value is -3.03. The molecule has 0 spiro atoms. The van der Waals surface area contributed by atoms with Crippen LogP contribution in [0, 0.1) is 6.92 Å². The number of aromatic nitrogens is 5. The Morgan fingerprint density at radius 1 is 1.12 bits per heavy atom. The van der Waals surface area contributed by atoms with Crippen LogP contribution in [0.5, 0.6) is 0 Å². The van der Waals surface area contributed by atoms with E-state index in [1.165, 1.54) is 0 Å². The quantitative estimate of drug-likeness (QED) is 0.770. The fourth-order valence-corrected chi connectivity index (χ4v) is 3.36. The van der Waals surface area contributed by atoms with E-state index in [1.807, 2.05) is 12.1 Å². The lowest BCUT2D eigenvalue weighted by molar-refractivity contribution is 0.300. The number of nitrogens with one attached hydrogen (secondary N) is 1. The molecule has 26 heavy (non-hydrogen) atoms. The van der Waals surface area contributed by atoms with E-state index in [0.717, 1.165) is 36.9 Å². The van der Waals surface area contributed by atoms with Gasteiger partial charge in [-0.05, 0) is 50.8 Å². The smallest absolute Gasteiger partial charge is 0.321 e. The lowest BCUT2D eigenvalue weighted by Gasteiger charge is -2.29. The van der Waals surface area contributed by atoms with Crippen molar-refractivity contribution in [3.05, 3.63) is 52.8 Å². The van der Waals surface area contributed by atoms with Crippen LogP contribution in [0.2, 0.25) is 0 Å². The summed E-state index contributed by atoms with van der Waals surface area (Å²) in [7, 11) is 0. The predicted octanol–water partition coefficient (Wildman–Crippen LogP) is 2.59. The normalized spacial score (nSPS) is 20.0. The minimum Gasteiger partial charge on any atom is -0.335 e. The first kappa shape index (κ1) is 16.4. The van der Waals surface area contributed by atoms with E-state index in [1.54, 1.807) is 36.1 Å². The molecule has 0 atom stereocenters. The molecule has 134 valence electrons. The van der Waals surface area contributed by atoms with Gasteiger partial charge in [-0.1, -0.05) is 5.16 Å². The molecule has 4 rings (SSSR count). The second-order valence-electron chi connectivity index (χ2n) is 6.53. The van der Waals surface area contributed by atoms with Crippen molar-refractivity contribution in [1.82, 2.24) is 24.9 Å². The number of rotatable bonds is 4. The summed E-state index contributed by atoms with van der Waals surface area (Å²) in [6.07, 6.45) is 7.03. The van der Waals surface area contributed by atoms with Gasteiger partial charge in [-0.2, -0.15) is 10.1 Å². The highest BCUT2D eigenvalue weighted by Gasteiger charge is 2.25. The first-order chi connectivity index (χ1) is 12.7. The lowest BCUT2D eigenvalue weighted by atomic mass is 9.91. The molecule has 8 heteroatoms. The van der Waals surface area contributed by atoms with Crippen molar-refractivity contribution in [2.75, 3.05) is 5.32 Å². The number of hydrogen-bond acceptors (Lipinski definition) is 7. The highest BCUT2D eigenvalue weighted by molar-refractivity contribution is 5.57. The van der Waals surface area contributed by atoms with Crippen molar-refractivity contribution >= 4 is 6.01 Å². The van der Waals surface area contributed by atoms with Gasteiger partial charge < -0.3 is 9.84 Å². The maximum Gasteiger partial charge on any atom is 0.321 e. The molecule has 1 aliphatic rings. The van der Waals surface area contributed by atoms with E-state index in [0.29, 0.717) is 11.8 Å². The molecule has 0 aromatic carbocycles. The SMILES string of the molecule is Cc1noc(NC2CCC(n3nc(-c4ccncc4)ccc3=O)CC2)n1. The standard InChI is InChI=1S/C18H20N6O2/c1-12-20-18(26-23-12)21-14-2-4-15(5-3-14)24-17(25)7-6-16(22-24)13-8-10-19-11-9-13/h6-11,14-15H,2-5H2,1H3,(H,20,21,23). The van der Waals surface area contributed by atoms with Crippen LogP contribution >= 0.6 is 0 Å². The maximum atomic E-state index is 12.3. The number of anilines is 1. The minimum absolute atomic E-state index is 0.0632. The molecule has 0 unspecified atom stereocenters. The van der Waals surface area contributed by atoms with E-state index in [9.17, 15) is 4.79 Å².